The van der Waals surface area contributed by atoms with Crippen molar-refractivity contribution in [2.75, 3.05) is 6.61 Å². The van der Waals surface area contributed by atoms with E-state index in [1.807, 2.05) is 66.9 Å². The molecule has 2 heterocycles. The van der Waals surface area contributed by atoms with E-state index in [-0.39, 0.29) is 5.63 Å². The van der Waals surface area contributed by atoms with E-state index in [0.29, 0.717) is 22.7 Å². The maximum atomic E-state index is 12.6. The van der Waals surface area contributed by atoms with Gasteiger partial charge >= 0.3 is 5.63 Å². The van der Waals surface area contributed by atoms with Crippen molar-refractivity contribution < 1.29 is 9.15 Å². The van der Waals surface area contributed by atoms with Gasteiger partial charge in [-0.15, -0.1) is 11.3 Å². The second kappa shape index (κ2) is 6.53. The summed E-state index contributed by atoms with van der Waals surface area (Å²) in [5, 5.41) is 2.47. The summed E-state index contributed by atoms with van der Waals surface area (Å²) >= 11 is 1.44. The molecule has 4 aromatic rings. The fraction of sp³-hybridized carbons (Fsp3) is 0.100. The fourth-order valence-corrected chi connectivity index (χ4v) is 3.63. The van der Waals surface area contributed by atoms with Crippen LogP contribution in [0.25, 0.3) is 32.8 Å². The molecule has 2 aromatic heterocycles. The van der Waals surface area contributed by atoms with Crippen molar-refractivity contribution in [3.63, 3.8) is 0 Å². The molecule has 4 rings (SSSR count). The highest BCUT2D eigenvalue weighted by molar-refractivity contribution is 7.17. The Bertz CT molecular complexity index is 1070. The number of hydrogen-bond donors (Lipinski definition) is 0. The van der Waals surface area contributed by atoms with Crippen LogP contribution in [0, 0.1) is 0 Å². The lowest BCUT2D eigenvalue weighted by atomic mass is 10.1. The molecule has 0 aliphatic heterocycles. The maximum Gasteiger partial charge on any atom is 0.348 e. The van der Waals surface area contributed by atoms with Crippen LogP contribution >= 0.6 is 11.3 Å². The Morgan fingerprint density at radius 1 is 1.04 bits per heavy atom. The molecule has 0 unspecified atom stereocenters. The first-order chi connectivity index (χ1) is 12.3. The van der Waals surface area contributed by atoms with Crippen molar-refractivity contribution in [3.8, 4) is 28.3 Å². The Morgan fingerprint density at radius 2 is 1.80 bits per heavy atom. The maximum absolute atomic E-state index is 12.6. The van der Waals surface area contributed by atoms with Crippen molar-refractivity contribution in [2.24, 2.45) is 0 Å². The van der Waals surface area contributed by atoms with Gasteiger partial charge in [-0.3, -0.25) is 0 Å². The number of hydrogen-bond acceptors (Lipinski definition) is 5. The number of fused-ring (bicyclic) bond motifs is 1. The van der Waals surface area contributed by atoms with Crippen LogP contribution in [0.1, 0.15) is 6.92 Å². The Morgan fingerprint density at radius 3 is 2.52 bits per heavy atom. The van der Waals surface area contributed by atoms with Crippen molar-refractivity contribution in [2.45, 2.75) is 6.92 Å². The molecule has 0 bridgehead atoms. The summed E-state index contributed by atoms with van der Waals surface area (Å²) in [5.74, 6) is 1.15. The van der Waals surface area contributed by atoms with E-state index in [0.717, 1.165) is 22.4 Å². The zero-order chi connectivity index (χ0) is 17.2. The lowest BCUT2D eigenvalue weighted by Crippen LogP contribution is -2.02. The average Bonchev–Trinajstić information content (AvgIpc) is 3.08. The Kier molecular flexibility index (Phi) is 4.07. The third-order valence-electron chi connectivity index (χ3n) is 3.87. The van der Waals surface area contributed by atoms with Gasteiger partial charge in [0.1, 0.15) is 16.0 Å². The summed E-state index contributed by atoms with van der Waals surface area (Å²) < 4.78 is 10.9. The van der Waals surface area contributed by atoms with Gasteiger partial charge < -0.3 is 9.15 Å². The van der Waals surface area contributed by atoms with Crippen LogP contribution in [0.3, 0.4) is 0 Å². The van der Waals surface area contributed by atoms with Crippen molar-refractivity contribution in [3.05, 3.63) is 70.4 Å². The number of aromatic nitrogens is 1. The molecular weight excluding hydrogens is 334 g/mol. The molecule has 124 valence electrons. The quantitative estimate of drug-likeness (QED) is 0.521. The highest BCUT2D eigenvalue weighted by Gasteiger charge is 2.15. The van der Waals surface area contributed by atoms with E-state index in [4.69, 9.17) is 9.15 Å². The van der Waals surface area contributed by atoms with Gasteiger partial charge in [-0.25, -0.2) is 9.78 Å². The molecule has 0 saturated carbocycles. The van der Waals surface area contributed by atoms with Gasteiger partial charge in [0, 0.05) is 16.5 Å². The number of thiophene rings is 1. The van der Waals surface area contributed by atoms with Crippen LogP contribution in [-0.4, -0.2) is 11.6 Å². The molecule has 0 aliphatic rings. The van der Waals surface area contributed by atoms with Gasteiger partial charge in [-0.05, 0) is 36.8 Å². The molecule has 0 atom stereocenters. The number of nitrogens with zero attached hydrogens (tertiary/aromatic N) is 1. The molecule has 0 spiro atoms. The highest BCUT2D eigenvalue weighted by Crippen LogP contribution is 2.33. The van der Waals surface area contributed by atoms with E-state index in [2.05, 4.69) is 4.98 Å². The van der Waals surface area contributed by atoms with Gasteiger partial charge in [0.15, 0.2) is 0 Å². The first kappa shape index (κ1) is 15.6. The van der Waals surface area contributed by atoms with Gasteiger partial charge in [0.05, 0.1) is 6.61 Å². The predicted octanol–water partition coefficient (Wildman–Crippen LogP) is 4.98. The lowest BCUT2D eigenvalue weighted by molar-refractivity contribution is 0.340. The number of benzene rings is 2. The van der Waals surface area contributed by atoms with Gasteiger partial charge in [0.25, 0.3) is 0 Å². The summed E-state index contributed by atoms with van der Waals surface area (Å²) in [6.45, 7) is 2.57. The molecule has 25 heavy (non-hydrogen) atoms. The molecule has 0 amide bonds. The molecular formula is C20H15NO3S. The SMILES string of the molecule is CCOc1ccc(-c2csc3nc(-c4ccccc4)oc(=O)c23)cc1. The molecule has 0 radical (unpaired) electrons. The largest absolute Gasteiger partial charge is 0.494 e. The van der Waals surface area contributed by atoms with Crippen LogP contribution in [0.4, 0.5) is 0 Å². The van der Waals surface area contributed by atoms with Crippen molar-refractivity contribution >= 4 is 21.6 Å². The van der Waals surface area contributed by atoms with Crippen LogP contribution in [-0.2, 0) is 0 Å². The van der Waals surface area contributed by atoms with Gasteiger partial charge in [-0.1, -0.05) is 30.3 Å². The highest BCUT2D eigenvalue weighted by atomic mass is 32.1. The summed E-state index contributed by atoms with van der Waals surface area (Å²) in [7, 11) is 0. The third-order valence-corrected chi connectivity index (χ3v) is 4.74. The third kappa shape index (κ3) is 2.94. The van der Waals surface area contributed by atoms with E-state index in [1.54, 1.807) is 0 Å². The first-order valence-corrected chi connectivity index (χ1v) is 8.85. The molecule has 5 heteroatoms. The summed E-state index contributed by atoms with van der Waals surface area (Å²) in [6, 6.07) is 17.1. The van der Waals surface area contributed by atoms with Crippen LogP contribution in [0.15, 0.2) is 69.2 Å². The van der Waals surface area contributed by atoms with Crippen molar-refractivity contribution in [1.82, 2.24) is 4.98 Å². The monoisotopic (exact) mass is 349 g/mol. The minimum Gasteiger partial charge on any atom is -0.494 e. The van der Waals surface area contributed by atoms with Gasteiger partial charge in [0.2, 0.25) is 5.89 Å². The Balaban J connectivity index is 1.81. The summed E-state index contributed by atoms with van der Waals surface area (Å²) in [4.78, 5) is 17.8. The van der Waals surface area contributed by atoms with Crippen LogP contribution in [0.5, 0.6) is 5.75 Å². The predicted molar refractivity (Wildman–Crippen MR) is 100 cm³/mol. The Labute approximate surface area is 148 Å². The van der Waals surface area contributed by atoms with E-state index in [1.165, 1.54) is 11.3 Å². The summed E-state index contributed by atoms with van der Waals surface area (Å²) in [5.41, 5.74) is 2.20. The zero-order valence-electron chi connectivity index (χ0n) is 13.6. The standard InChI is InChI=1S/C20H15NO3S/c1-2-23-15-10-8-13(9-11-15)16-12-25-19-17(16)20(22)24-18(21-19)14-6-4-3-5-7-14/h3-12H,2H2,1H3. The van der Waals surface area contributed by atoms with Crippen molar-refractivity contribution in [1.29, 1.82) is 0 Å². The topological polar surface area (TPSA) is 52.3 Å². The number of rotatable bonds is 4. The van der Waals surface area contributed by atoms with E-state index < -0.39 is 0 Å². The first-order valence-electron chi connectivity index (χ1n) is 7.97. The zero-order valence-corrected chi connectivity index (χ0v) is 14.4. The molecule has 2 aromatic carbocycles. The molecule has 0 N–H and O–H groups in total. The smallest absolute Gasteiger partial charge is 0.348 e. The van der Waals surface area contributed by atoms with Crippen LogP contribution in [0.2, 0.25) is 0 Å². The Hall–Kier alpha value is -2.92. The molecule has 4 nitrogen and oxygen atoms in total. The second-order valence-corrected chi connectivity index (χ2v) is 6.32. The van der Waals surface area contributed by atoms with E-state index in [9.17, 15) is 4.79 Å². The fourth-order valence-electron chi connectivity index (χ4n) is 2.70. The summed E-state index contributed by atoms with van der Waals surface area (Å²) in [6.07, 6.45) is 0. The minimum absolute atomic E-state index is 0.346. The normalized spacial score (nSPS) is 10.9. The van der Waals surface area contributed by atoms with Crippen LogP contribution < -0.4 is 10.4 Å². The minimum atomic E-state index is -0.367. The molecule has 0 aliphatic carbocycles. The van der Waals surface area contributed by atoms with Gasteiger partial charge in [-0.2, -0.15) is 0 Å². The van der Waals surface area contributed by atoms with E-state index >= 15 is 0 Å². The lowest BCUT2D eigenvalue weighted by Gasteiger charge is -2.04. The number of ether oxygens (including phenoxy) is 1. The average molecular weight is 349 g/mol. The molecule has 0 saturated heterocycles. The molecule has 0 fully saturated rings. The second-order valence-electron chi connectivity index (χ2n) is 5.46.